The van der Waals surface area contributed by atoms with Crippen molar-refractivity contribution in [3.63, 3.8) is 0 Å². The summed E-state index contributed by atoms with van der Waals surface area (Å²) < 4.78 is 13.7. The molecule has 0 aliphatic rings. The number of nitrogens with two attached hydrogens (primary N) is 1. The van der Waals surface area contributed by atoms with Crippen molar-refractivity contribution in [2.45, 2.75) is 10.8 Å². The summed E-state index contributed by atoms with van der Waals surface area (Å²) in [5.41, 5.74) is 6.32. The van der Waals surface area contributed by atoms with Crippen LogP contribution in [0.4, 0.5) is 22.0 Å². The summed E-state index contributed by atoms with van der Waals surface area (Å²) in [6, 6.07) is 10.9. The van der Waals surface area contributed by atoms with E-state index < -0.39 is 0 Å². The van der Waals surface area contributed by atoms with Gasteiger partial charge in [0, 0.05) is 17.8 Å². The summed E-state index contributed by atoms with van der Waals surface area (Å²) in [7, 11) is 0. The van der Waals surface area contributed by atoms with Gasteiger partial charge >= 0.3 is 0 Å². The molecule has 0 aliphatic heterocycles. The van der Waals surface area contributed by atoms with Crippen LogP contribution >= 0.6 is 11.8 Å². The van der Waals surface area contributed by atoms with Gasteiger partial charge in [-0.25, -0.2) is 4.39 Å². The zero-order chi connectivity index (χ0) is 16.9. The Hall–Kier alpha value is -2.94. The molecule has 0 unspecified atom stereocenters. The molecule has 0 saturated heterocycles. The zero-order valence-corrected chi connectivity index (χ0v) is 13.2. The van der Waals surface area contributed by atoms with Crippen LogP contribution in [0.3, 0.4) is 0 Å². The first-order valence-corrected chi connectivity index (χ1v) is 7.93. The lowest BCUT2D eigenvalue weighted by molar-refractivity contribution is -0.645. The predicted octanol–water partition coefficient (Wildman–Crippen LogP) is 2.26. The predicted molar refractivity (Wildman–Crippen MR) is 88.9 cm³/mol. The number of nitrogens with one attached hydrogen (secondary N) is 1. The van der Waals surface area contributed by atoms with Crippen LogP contribution in [0.1, 0.15) is 5.82 Å². The maximum absolute atomic E-state index is 12.9. The van der Waals surface area contributed by atoms with Crippen LogP contribution in [0, 0.1) is 11.0 Å². The topological polar surface area (TPSA) is 104 Å². The van der Waals surface area contributed by atoms with E-state index in [1.54, 1.807) is 30.3 Å². The van der Waals surface area contributed by atoms with Crippen LogP contribution in [0.25, 0.3) is 0 Å². The minimum atomic E-state index is -0.332. The lowest BCUT2D eigenvalue weighted by Gasteiger charge is -2.07. The molecule has 122 valence electrons. The molecule has 0 fully saturated rings. The van der Waals surface area contributed by atoms with E-state index >= 15 is 0 Å². The highest BCUT2D eigenvalue weighted by Gasteiger charge is 2.09. The normalized spacial score (nSPS) is 10.5. The van der Waals surface area contributed by atoms with Gasteiger partial charge < -0.3 is 16.3 Å². The average molecular weight is 344 g/mol. The molecule has 7 nitrogen and oxygen atoms in total. The van der Waals surface area contributed by atoms with Gasteiger partial charge in [-0.1, -0.05) is 0 Å². The molecular weight excluding hydrogens is 331 g/mol. The molecule has 0 bridgehead atoms. The first-order chi connectivity index (χ1) is 11.6. The van der Waals surface area contributed by atoms with Gasteiger partial charge in [-0.05, 0) is 42.1 Å². The lowest BCUT2D eigenvalue weighted by Crippen LogP contribution is -2.27. The molecule has 0 atom stereocenters. The van der Waals surface area contributed by atoms with E-state index in [-0.39, 0.29) is 17.7 Å². The standard InChI is InChI=1S/C15H13FN6OS/c16-10-4-6-11(7-5-10)18-15-20-12(19-14(17)21-15)9-24-13-3-1-2-8-22(13)23/h1-8H,9H2,(H3,17,18,19,20,21). The van der Waals surface area contributed by atoms with E-state index in [2.05, 4.69) is 20.3 Å². The van der Waals surface area contributed by atoms with Crippen molar-refractivity contribution in [1.82, 2.24) is 15.0 Å². The summed E-state index contributed by atoms with van der Waals surface area (Å²) in [5.74, 6) is 0.778. The minimum absolute atomic E-state index is 0.0632. The van der Waals surface area contributed by atoms with Gasteiger partial charge in [-0.2, -0.15) is 19.7 Å². The Balaban J connectivity index is 1.74. The number of rotatable bonds is 5. The summed E-state index contributed by atoms with van der Waals surface area (Å²) in [5, 5.41) is 15.1. The van der Waals surface area contributed by atoms with E-state index in [0.717, 1.165) is 4.73 Å². The molecule has 3 aromatic rings. The van der Waals surface area contributed by atoms with Crippen LogP contribution < -0.4 is 15.8 Å². The van der Waals surface area contributed by atoms with E-state index in [1.165, 1.54) is 30.1 Å². The van der Waals surface area contributed by atoms with E-state index in [0.29, 0.717) is 22.3 Å². The van der Waals surface area contributed by atoms with Crippen LogP contribution in [0.2, 0.25) is 0 Å². The SMILES string of the molecule is Nc1nc(CSc2cccc[n+]2[O-])nc(Nc2ccc(F)cc2)n1. The van der Waals surface area contributed by atoms with Crippen molar-refractivity contribution in [1.29, 1.82) is 0 Å². The average Bonchev–Trinajstić information content (AvgIpc) is 2.56. The number of nitrogen functional groups attached to an aromatic ring is 1. The highest BCUT2D eigenvalue weighted by atomic mass is 32.2. The van der Waals surface area contributed by atoms with Crippen molar-refractivity contribution < 1.29 is 9.12 Å². The fourth-order valence-corrected chi connectivity index (χ4v) is 2.65. The molecule has 0 amide bonds. The molecule has 9 heteroatoms. The Kier molecular flexibility index (Phi) is 4.71. The van der Waals surface area contributed by atoms with Crippen molar-refractivity contribution >= 4 is 29.3 Å². The highest BCUT2D eigenvalue weighted by molar-refractivity contribution is 7.98. The van der Waals surface area contributed by atoms with Gasteiger partial charge in [-0.15, -0.1) is 0 Å². The molecule has 2 heterocycles. The molecule has 3 N–H and O–H groups in total. The van der Waals surface area contributed by atoms with Gasteiger partial charge in [0.15, 0.2) is 6.20 Å². The number of anilines is 3. The Labute approximate surface area is 141 Å². The number of benzene rings is 1. The zero-order valence-electron chi connectivity index (χ0n) is 12.4. The largest absolute Gasteiger partial charge is 0.618 e. The molecular formula is C15H13FN6OS. The molecule has 0 saturated carbocycles. The first kappa shape index (κ1) is 15.9. The molecule has 3 rings (SSSR count). The van der Waals surface area contributed by atoms with Gasteiger partial charge in [-0.3, -0.25) is 0 Å². The second-order valence-electron chi connectivity index (χ2n) is 4.72. The maximum Gasteiger partial charge on any atom is 0.251 e. The summed E-state index contributed by atoms with van der Waals surface area (Å²) in [6.07, 6.45) is 1.42. The van der Waals surface area contributed by atoms with E-state index in [4.69, 9.17) is 5.73 Å². The fourth-order valence-electron chi connectivity index (χ4n) is 1.88. The smallest absolute Gasteiger partial charge is 0.251 e. The molecule has 2 aromatic heterocycles. The van der Waals surface area contributed by atoms with Gasteiger partial charge in [0.05, 0.1) is 5.75 Å². The number of halogens is 1. The quantitative estimate of drug-likeness (QED) is 0.416. The fraction of sp³-hybridized carbons (Fsp3) is 0.0667. The van der Waals surface area contributed by atoms with Crippen molar-refractivity contribution in [3.05, 3.63) is 65.5 Å². The summed E-state index contributed by atoms with van der Waals surface area (Å²) in [6.45, 7) is 0. The van der Waals surface area contributed by atoms with Gasteiger partial charge in [0.2, 0.25) is 11.9 Å². The van der Waals surface area contributed by atoms with Crippen LogP contribution in [0.15, 0.2) is 53.7 Å². The van der Waals surface area contributed by atoms with E-state index in [1.807, 2.05) is 0 Å². The Morgan fingerprint density at radius 1 is 1.12 bits per heavy atom. The second kappa shape index (κ2) is 7.09. The third-order valence-corrected chi connectivity index (χ3v) is 3.95. The third-order valence-electron chi connectivity index (χ3n) is 2.94. The molecule has 24 heavy (non-hydrogen) atoms. The van der Waals surface area contributed by atoms with Crippen LogP contribution in [-0.4, -0.2) is 15.0 Å². The number of hydrogen-bond acceptors (Lipinski definition) is 7. The lowest BCUT2D eigenvalue weighted by atomic mass is 10.3. The first-order valence-electron chi connectivity index (χ1n) is 6.94. The Morgan fingerprint density at radius 2 is 1.92 bits per heavy atom. The van der Waals surface area contributed by atoms with Crippen LogP contribution in [-0.2, 0) is 5.75 Å². The molecule has 1 aromatic carbocycles. The number of aromatic nitrogens is 4. The van der Waals surface area contributed by atoms with Crippen molar-refractivity contribution in [3.8, 4) is 0 Å². The summed E-state index contributed by atoms with van der Waals surface area (Å²) >= 11 is 1.29. The molecule has 0 spiro atoms. The van der Waals surface area contributed by atoms with E-state index in [9.17, 15) is 9.60 Å². The molecule has 0 aliphatic carbocycles. The third kappa shape index (κ3) is 4.07. The van der Waals surface area contributed by atoms with Crippen molar-refractivity contribution in [2.24, 2.45) is 0 Å². The summed E-state index contributed by atoms with van der Waals surface area (Å²) in [4.78, 5) is 12.3. The maximum atomic E-state index is 12.9. The second-order valence-corrected chi connectivity index (χ2v) is 5.71. The monoisotopic (exact) mass is 344 g/mol. The number of thioether (sulfide) groups is 1. The minimum Gasteiger partial charge on any atom is -0.618 e. The van der Waals surface area contributed by atoms with Gasteiger partial charge in [0.1, 0.15) is 11.6 Å². The Bertz CT molecular complexity index is 846. The van der Waals surface area contributed by atoms with Crippen molar-refractivity contribution in [2.75, 3.05) is 11.1 Å². The van der Waals surface area contributed by atoms with Crippen LogP contribution in [0.5, 0.6) is 0 Å². The van der Waals surface area contributed by atoms with Gasteiger partial charge in [0.25, 0.3) is 5.03 Å². The number of nitrogens with zero attached hydrogens (tertiary/aromatic N) is 4. The Morgan fingerprint density at radius 3 is 2.67 bits per heavy atom. The number of hydrogen-bond donors (Lipinski definition) is 2. The highest BCUT2D eigenvalue weighted by Crippen LogP contribution is 2.19. The number of pyridine rings is 1. The molecule has 0 radical (unpaired) electrons.